The van der Waals surface area contributed by atoms with Gasteiger partial charge in [-0.1, -0.05) is 0 Å². The van der Waals surface area contributed by atoms with E-state index in [0.29, 0.717) is 5.69 Å². The number of likely N-dealkylation sites (N-methyl/N-ethyl adjacent to an activating group) is 1. The number of anilines is 1. The molecule has 0 aliphatic carbocycles. The van der Waals surface area contributed by atoms with Crippen molar-refractivity contribution in [3.8, 4) is 0 Å². The van der Waals surface area contributed by atoms with E-state index in [1.165, 1.54) is 43.0 Å². The van der Waals surface area contributed by atoms with Gasteiger partial charge in [0.1, 0.15) is 0 Å². The first-order valence-corrected chi connectivity index (χ1v) is 9.45. The minimum absolute atomic E-state index is 0.00213. The first-order chi connectivity index (χ1) is 12.1. The highest BCUT2D eigenvalue weighted by atomic mass is 32.2. The molecule has 0 heterocycles. The molecule has 26 heavy (non-hydrogen) atoms. The Balaban J connectivity index is 2.82. The van der Waals surface area contributed by atoms with Gasteiger partial charge in [0, 0.05) is 25.7 Å². The van der Waals surface area contributed by atoms with Crippen molar-refractivity contribution in [1.82, 2.24) is 9.62 Å². The minimum Gasteiger partial charge on any atom is -0.481 e. The maximum atomic E-state index is 12.4. The van der Waals surface area contributed by atoms with Crippen molar-refractivity contribution in [2.75, 3.05) is 18.4 Å². The average molecular weight is 385 g/mol. The normalized spacial score (nSPS) is 12.3. The van der Waals surface area contributed by atoms with Gasteiger partial charge >= 0.3 is 5.97 Å². The van der Waals surface area contributed by atoms with Crippen LogP contribution in [-0.4, -0.2) is 55.3 Å². The van der Waals surface area contributed by atoms with Gasteiger partial charge in [-0.25, -0.2) is 8.42 Å². The van der Waals surface area contributed by atoms with E-state index in [4.69, 9.17) is 5.11 Å². The summed E-state index contributed by atoms with van der Waals surface area (Å²) in [6.07, 6.45) is -0.219. The van der Waals surface area contributed by atoms with Crippen LogP contribution in [0.15, 0.2) is 29.2 Å². The molecule has 1 unspecified atom stereocenters. The summed E-state index contributed by atoms with van der Waals surface area (Å²) in [5.41, 5.74) is 0.450. The number of carboxylic acid groups (broad SMARTS) is 1. The van der Waals surface area contributed by atoms with Crippen LogP contribution in [0.1, 0.15) is 27.2 Å². The molecule has 2 amide bonds. The number of carbonyl (C=O) groups excluding carboxylic acids is 2. The van der Waals surface area contributed by atoms with Gasteiger partial charge < -0.3 is 15.3 Å². The Labute approximate surface area is 152 Å². The molecule has 0 aromatic heterocycles. The quantitative estimate of drug-likeness (QED) is 0.571. The maximum Gasteiger partial charge on any atom is 0.305 e. The summed E-state index contributed by atoms with van der Waals surface area (Å²) >= 11 is 0. The second-order valence-corrected chi connectivity index (χ2v) is 7.32. The molecule has 1 aromatic carbocycles. The Kier molecular flexibility index (Phi) is 7.72. The third-order valence-corrected chi connectivity index (χ3v) is 5.03. The number of hydrogen-bond donors (Lipinski definition) is 3. The monoisotopic (exact) mass is 385 g/mol. The lowest BCUT2D eigenvalue weighted by Gasteiger charge is -2.24. The SMILES string of the molecule is CCN(CCC(=O)O)C(=O)C(C)NS(=O)(=O)c1ccc(NC(C)=O)cc1. The smallest absolute Gasteiger partial charge is 0.305 e. The van der Waals surface area contributed by atoms with Gasteiger partial charge in [0.15, 0.2) is 0 Å². The third kappa shape index (κ3) is 6.45. The summed E-state index contributed by atoms with van der Waals surface area (Å²) in [6, 6.07) is 4.45. The highest BCUT2D eigenvalue weighted by Crippen LogP contribution is 2.14. The summed E-state index contributed by atoms with van der Waals surface area (Å²) in [4.78, 5) is 35.2. The molecular weight excluding hydrogens is 362 g/mol. The van der Waals surface area contributed by atoms with E-state index in [1.807, 2.05) is 0 Å². The molecule has 0 fully saturated rings. The van der Waals surface area contributed by atoms with E-state index in [0.717, 1.165) is 0 Å². The lowest BCUT2D eigenvalue weighted by molar-refractivity contribution is -0.138. The van der Waals surface area contributed by atoms with Crippen LogP contribution < -0.4 is 10.0 Å². The number of aliphatic carboxylic acids is 1. The number of nitrogens with one attached hydrogen (secondary N) is 2. The van der Waals surface area contributed by atoms with E-state index >= 15 is 0 Å². The first-order valence-electron chi connectivity index (χ1n) is 7.97. The van der Waals surface area contributed by atoms with Crippen molar-refractivity contribution in [3.05, 3.63) is 24.3 Å². The fraction of sp³-hybridized carbons (Fsp3) is 0.438. The molecule has 0 aliphatic rings. The van der Waals surface area contributed by atoms with Crippen LogP contribution in [0.25, 0.3) is 0 Å². The van der Waals surface area contributed by atoms with Crippen LogP contribution in [0.3, 0.4) is 0 Å². The zero-order chi connectivity index (χ0) is 19.9. The number of hydrogen-bond acceptors (Lipinski definition) is 5. The second kappa shape index (κ2) is 9.30. The predicted molar refractivity (Wildman–Crippen MR) is 95.0 cm³/mol. The van der Waals surface area contributed by atoms with E-state index in [9.17, 15) is 22.8 Å². The summed E-state index contributed by atoms with van der Waals surface area (Å²) < 4.78 is 27.1. The van der Waals surface area contributed by atoms with Crippen LogP contribution in [0.5, 0.6) is 0 Å². The van der Waals surface area contributed by atoms with E-state index in [1.54, 1.807) is 6.92 Å². The van der Waals surface area contributed by atoms with Crippen LogP contribution in [0.2, 0.25) is 0 Å². The summed E-state index contributed by atoms with van der Waals surface area (Å²) in [6.45, 7) is 4.69. The molecule has 0 spiro atoms. The van der Waals surface area contributed by atoms with Gasteiger partial charge in [0.25, 0.3) is 0 Å². The molecule has 0 saturated carbocycles. The van der Waals surface area contributed by atoms with Crippen molar-refractivity contribution in [2.24, 2.45) is 0 Å². The summed E-state index contributed by atoms with van der Waals surface area (Å²) in [5.74, 6) is -1.82. The van der Waals surface area contributed by atoms with Crippen LogP contribution >= 0.6 is 0 Å². The van der Waals surface area contributed by atoms with Crippen LogP contribution in [-0.2, 0) is 24.4 Å². The Bertz CT molecular complexity index is 761. The first kappa shape index (κ1) is 21.6. The number of carbonyl (C=O) groups is 3. The van der Waals surface area contributed by atoms with Gasteiger partial charge in [-0.2, -0.15) is 4.72 Å². The summed E-state index contributed by atoms with van der Waals surface area (Å²) in [5, 5.41) is 11.2. The number of sulfonamides is 1. The van der Waals surface area contributed by atoms with Crippen LogP contribution in [0.4, 0.5) is 5.69 Å². The highest BCUT2D eigenvalue weighted by molar-refractivity contribution is 7.89. The number of nitrogens with zero attached hydrogens (tertiary/aromatic N) is 1. The number of rotatable bonds is 9. The van der Waals surface area contributed by atoms with Crippen molar-refractivity contribution in [1.29, 1.82) is 0 Å². The topological polar surface area (TPSA) is 133 Å². The summed E-state index contributed by atoms with van der Waals surface area (Å²) in [7, 11) is -3.95. The molecule has 9 nitrogen and oxygen atoms in total. The molecule has 144 valence electrons. The lowest BCUT2D eigenvalue weighted by Crippen LogP contribution is -2.47. The molecule has 1 rings (SSSR count). The van der Waals surface area contributed by atoms with Crippen LogP contribution in [0, 0.1) is 0 Å². The molecule has 0 aliphatic heterocycles. The molecule has 3 N–H and O–H groups in total. The number of amides is 2. The average Bonchev–Trinajstić information content (AvgIpc) is 2.54. The standard InChI is InChI=1S/C16H23N3O6S/c1-4-19(10-9-15(21)22)16(23)11(2)18-26(24,25)14-7-5-13(6-8-14)17-12(3)20/h5-8,11,18H,4,9-10H2,1-3H3,(H,17,20)(H,21,22). The Morgan fingerprint density at radius 3 is 2.23 bits per heavy atom. The molecule has 1 aromatic rings. The van der Waals surface area contributed by atoms with Gasteiger partial charge in [-0.05, 0) is 38.1 Å². The molecule has 0 radical (unpaired) electrons. The van der Waals surface area contributed by atoms with Crippen molar-refractivity contribution in [2.45, 2.75) is 38.1 Å². The number of benzene rings is 1. The molecule has 10 heteroatoms. The van der Waals surface area contributed by atoms with E-state index in [-0.39, 0.29) is 30.3 Å². The molecule has 0 bridgehead atoms. The van der Waals surface area contributed by atoms with Crippen molar-refractivity contribution < 1.29 is 27.9 Å². The van der Waals surface area contributed by atoms with Crippen molar-refractivity contribution >= 4 is 33.5 Å². The van der Waals surface area contributed by atoms with Crippen molar-refractivity contribution in [3.63, 3.8) is 0 Å². The number of carboxylic acids is 1. The molecule has 1 atom stereocenters. The fourth-order valence-corrected chi connectivity index (χ4v) is 3.40. The maximum absolute atomic E-state index is 12.4. The minimum atomic E-state index is -3.95. The van der Waals surface area contributed by atoms with Gasteiger partial charge in [-0.3, -0.25) is 14.4 Å². The zero-order valence-electron chi connectivity index (χ0n) is 14.9. The predicted octanol–water partition coefficient (Wildman–Crippen LogP) is 0.635. The fourth-order valence-electron chi connectivity index (χ4n) is 2.20. The van der Waals surface area contributed by atoms with Gasteiger partial charge in [-0.15, -0.1) is 0 Å². The molecular formula is C16H23N3O6S. The highest BCUT2D eigenvalue weighted by Gasteiger charge is 2.25. The second-order valence-electron chi connectivity index (χ2n) is 5.61. The Morgan fingerprint density at radius 2 is 1.77 bits per heavy atom. The molecule has 0 saturated heterocycles. The Hall–Kier alpha value is -2.46. The van der Waals surface area contributed by atoms with E-state index in [2.05, 4.69) is 10.0 Å². The third-order valence-electron chi connectivity index (χ3n) is 3.48. The van der Waals surface area contributed by atoms with Gasteiger partial charge in [0.2, 0.25) is 21.8 Å². The largest absolute Gasteiger partial charge is 0.481 e. The Morgan fingerprint density at radius 1 is 1.19 bits per heavy atom. The van der Waals surface area contributed by atoms with E-state index < -0.39 is 27.9 Å². The lowest BCUT2D eigenvalue weighted by atomic mass is 10.3. The zero-order valence-corrected chi connectivity index (χ0v) is 15.7. The van der Waals surface area contributed by atoms with Gasteiger partial charge in [0.05, 0.1) is 17.4 Å².